The molecule has 1 aromatic carbocycles. The minimum absolute atomic E-state index is 0.188. The number of piperidine rings is 1. The predicted octanol–water partition coefficient (Wildman–Crippen LogP) is 3.49. The molecule has 1 N–H and O–H groups in total. The number of carbonyl (C=O) groups excluding carboxylic acids is 2. The maximum Gasteiger partial charge on any atom is 0.251 e. The van der Waals surface area contributed by atoms with Crippen LogP contribution in [0.3, 0.4) is 0 Å². The first-order valence-electron chi connectivity index (χ1n) is 8.96. The second kappa shape index (κ2) is 8.94. The van der Waals surface area contributed by atoms with Gasteiger partial charge in [-0.25, -0.2) is 4.39 Å². The number of amides is 2. The van der Waals surface area contributed by atoms with E-state index in [1.54, 1.807) is 11.3 Å². The van der Waals surface area contributed by atoms with Crippen molar-refractivity contribution in [3.63, 3.8) is 0 Å². The molecule has 0 spiro atoms. The number of hydrogen-bond donors (Lipinski definition) is 1. The van der Waals surface area contributed by atoms with Crippen LogP contribution in [0.2, 0.25) is 0 Å². The third kappa shape index (κ3) is 5.14. The number of carbonyl (C=O) groups is 2. The van der Waals surface area contributed by atoms with Crippen LogP contribution >= 0.6 is 11.3 Å². The summed E-state index contributed by atoms with van der Waals surface area (Å²) in [6.45, 7) is 2.02. The van der Waals surface area contributed by atoms with Gasteiger partial charge in [-0.2, -0.15) is 0 Å². The lowest BCUT2D eigenvalue weighted by Gasteiger charge is -2.33. The zero-order valence-corrected chi connectivity index (χ0v) is 15.4. The summed E-state index contributed by atoms with van der Waals surface area (Å²) in [5.74, 6) is -0.108. The van der Waals surface area contributed by atoms with Crippen LogP contribution in [-0.2, 0) is 11.2 Å². The van der Waals surface area contributed by atoms with Gasteiger partial charge in [0, 0.05) is 36.5 Å². The van der Waals surface area contributed by atoms with Gasteiger partial charge in [-0.3, -0.25) is 9.59 Å². The molecule has 0 bridgehead atoms. The molecule has 2 heterocycles. The SMILES string of the molecule is O=C(NC[C@H]1CCCN(C(=O)CCc2cccs2)C1)c1ccc(F)cc1. The molecular weight excluding hydrogens is 351 g/mol. The van der Waals surface area contributed by atoms with Crippen molar-refractivity contribution in [2.45, 2.75) is 25.7 Å². The molecule has 3 rings (SSSR count). The quantitative estimate of drug-likeness (QED) is 0.841. The van der Waals surface area contributed by atoms with Crippen molar-refractivity contribution in [3.05, 3.63) is 58.0 Å². The van der Waals surface area contributed by atoms with Crippen LogP contribution in [0, 0.1) is 11.7 Å². The number of hydrogen-bond acceptors (Lipinski definition) is 3. The summed E-state index contributed by atoms with van der Waals surface area (Å²) in [4.78, 5) is 27.7. The van der Waals surface area contributed by atoms with Gasteiger partial charge in [-0.1, -0.05) is 6.07 Å². The smallest absolute Gasteiger partial charge is 0.251 e. The van der Waals surface area contributed by atoms with E-state index in [1.807, 2.05) is 16.3 Å². The highest BCUT2D eigenvalue weighted by Gasteiger charge is 2.24. The van der Waals surface area contributed by atoms with Crippen molar-refractivity contribution < 1.29 is 14.0 Å². The molecule has 1 aliphatic rings. The molecular formula is C20H23FN2O2S. The Kier molecular flexibility index (Phi) is 6.39. The van der Waals surface area contributed by atoms with E-state index in [0.717, 1.165) is 25.8 Å². The molecule has 0 radical (unpaired) electrons. The molecule has 6 heteroatoms. The first-order valence-corrected chi connectivity index (χ1v) is 9.83. The molecule has 2 amide bonds. The summed E-state index contributed by atoms with van der Waals surface area (Å²) in [6, 6.07) is 9.58. The summed E-state index contributed by atoms with van der Waals surface area (Å²) in [5, 5.41) is 4.93. The molecule has 1 aromatic heterocycles. The third-order valence-corrected chi connectivity index (χ3v) is 5.63. The lowest BCUT2D eigenvalue weighted by Crippen LogP contribution is -2.43. The Morgan fingerprint density at radius 3 is 2.77 bits per heavy atom. The van der Waals surface area contributed by atoms with Crippen molar-refractivity contribution in [1.29, 1.82) is 0 Å². The third-order valence-electron chi connectivity index (χ3n) is 4.69. The maximum atomic E-state index is 12.9. The van der Waals surface area contributed by atoms with E-state index in [0.29, 0.717) is 25.1 Å². The van der Waals surface area contributed by atoms with Crippen molar-refractivity contribution in [2.75, 3.05) is 19.6 Å². The summed E-state index contributed by atoms with van der Waals surface area (Å²) in [5.41, 5.74) is 0.450. The van der Waals surface area contributed by atoms with Crippen molar-refractivity contribution in [1.82, 2.24) is 10.2 Å². The van der Waals surface area contributed by atoms with Crippen LogP contribution in [-0.4, -0.2) is 36.3 Å². The molecule has 1 fully saturated rings. The number of thiophene rings is 1. The Morgan fingerprint density at radius 2 is 2.04 bits per heavy atom. The number of benzene rings is 1. The largest absolute Gasteiger partial charge is 0.352 e. The van der Waals surface area contributed by atoms with E-state index in [-0.39, 0.29) is 23.5 Å². The molecule has 0 unspecified atom stereocenters. The van der Waals surface area contributed by atoms with Gasteiger partial charge in [0.1, 0.15) is 5.82 Å². The van der Waals surface area contributed by atoms with Crippen LogP contribution in [0.4, 0.5) is 4.39 Å². The maximum absolute atomic E-state index is 12.9. The number of likely N-dealkylation sites (tertiary alicyclic amines) is 1. The zero-order chi connectivity index (χ0) is 18.4. The van der Waals surface area contributed by atoms with Crippen molar-refractivity contribution in [2.24, 2.45) is 5.92 Å². The Hall–Kier alpha value is -2.21. The van der Waals surface area contributed by atoms with Gasteiger partial charge in [0.2, 0.25) is 5.91 Å². The number of rotatable bonds is 6. The Morgan fingerprint density at radius 1 is 1.23 bits per heavy atom. The highest BCUT2D eigenvalue weighted by molar-refractivity contribution is 7.09. The molecule has 2 aromatic rings. The second-order valence-electron chi connectivity index (χ2n) is 6.64. The van der Waals surface area contributed by atoms with Gasteiger partial charge in [0.25, 0.3) is 5.91 Å². The summed E-state index contributed by atoms with van der Waals surface area (Å²) in [6.07, 6.45) is 3.29. The highest BCUT2D eigenvalue weighted by atomic mass is 32.1. The highest BCUT2D eigenvalue weighted by Crippen LogP contribution is 2.18. The van der Waals surface area contributed by atoms with Crippen LogP contribution < -0.4 is 5.32 Å². The fraction of sp³-hybridized carbons (Fsp3) is 0.400. The second-order valence-corrected chi connectivity index (χ2v) is 7.68. The summed E-state index contributed by atoms with van der Waals surface area (Å²) < 4.78 is 12.9. The normalized spacial score (nSPS) is 17.1. The molecule has 4 nitrogen and oxygen atoms in total. The van der Waals surface area contributed by atoms with Gasteiger partial charge < -0.3 is 10.2 Å². The Labute approximate surface area is 157 Å². The van der Waals surface area contributed by atoms with Crippen LogP contribution in [0.5, 0.6) is 0 Å². The minimum Gasteiger partial charge on any atom is -0.352 e. The van der Waals surface area contributed by atoms with E-state index in [2.05, 4.69) is 11.4 Å². The zero-order valence-electron chi connectivity index (χ0n) is 14.6. The molecule has 1 atom stereocenters. The van der Waals surface area contributed by atoms with E-state index in [9.17, 15) is 14.0 Å². The van der Waals surface area contributed by atoms with Crippen molar-refractivity contribution >= 4 is 23.2 Å². The fourth-order valence-corrected chi connectivity index (χ4v) is 3.95. The Balaban J connectivity index is 1.44. The van der Waals surface area contributed by atoms with E-state index in [1.165, 1.54) is 29.1 Å². The van der Waals surface area contributed by atoms with Gasteiger partial charge in [-0.15, -0.1) is 11.3 Å². The average Bonchev–Trinajstić information content (AvgIpc) is 3.18. The fourth-order valence-electron chi connectivity index (χ4n) is 3.24. The molecule has 26 heavy (non-hydrogen) atoms. The predicted molar refractivity (Wildman–Crippen MR) is 101 cm³/mol. The molecule has 1 aliphatic heterocycles. The first kappa shape index (κ1) is 18.6. The van der Waals surface area contributed by atoms with Gasteiger partial charge in [-0.05, 0) is 60.9 Å². The topological polar surface area (TPSA) is 49.4 Å². The van der Waals surface area contributed by atoms with Gasteiger partial charge >= 0.3 is 0 Å². The Bertz CT molecular complexity index is 731. The molecule has 0 aliphatic carbocycles. The number of nitrogens with one attached hydrogen (secondary N) is 1. The van der Waals surface area contributed by atoms with E-state index < -0.39 is 0 Å². The number of halogens is 1. The lowest BCUT2D eigenvalue weighted by molar-refractivity contribution is -0.132. The van der Waals surface area contributed by atoms with E-state index in [4.69, 9.17) is 0 Å². The van der Waals surface area contributed by atoms with Crippen LogP contribution in [0.15, 0.2) is 41.8 Å². The first-order chi connectivity index (χ1) is 12.6. The van der Waals surface area contributed by atoms with Crippen LogP contribution in [0.25, 0.3) is 0 Å². The molecule has 0 saturated carbocycles. The number of aryl methyl sites for hydroxylation is 1. The van der Waals surface area contributed by atoms with Crippen molar-refractivity contribution in [3.8, 4) is 0 Å². The van der Waals surface area contributed by atoms with Gasteiger partial charge in [0.15, 0.2) is 0 Å². The van der Waals surface area contributed by atoms with Gasteiger partial charge in [0.05, 0.1) is 0 Å². The summed E-state index contributed by atoms with van der Waals surface area (Å²) >= 11 is 1.68. The lowest BCUT2D eigenvalue weighted by atomic mass is 9.97. The van der Waals surface area contributed by atoms with Crippen LogP contribution in [0.1, 0.15) is 34.5 Å². The average molecular weight is 374 g/mol. The number of nitrogens with zero attached hydrogens (tertiary/aromatic N) is 1. The molecule has 138 valence electrons. The minimum atomic E-state index is -0.356. The summed E-state index contributed by atoms with van der Waals surface area (Å²) in [7, 11) is 0. The molecule has 1 saturated heterocycles. The standard InChI is InChI=1S/C20H23FN2O2S/c21-17-7-5-16(6-8-17)20(25)22-13-15-3-1-11-23(14-15)19(24)10-9-18-4-2-12-26-18/h2,4-8,12,15H,1,3,9-11,13-14H2,(H,22,25)/t15-/m1/s1. The van der Waals surface area contributed by atoms with E-state index >= 15 is 0 Å². The monoisotopic (exact) mass is 374 g/mol.